The van der Waals surface area contributed by atoms with Gasteiger partial charge >= 0.3 is 0 Å². The first-order chi connectivity index (χ1) is 5.72. The minimum Gasteiger partial charge on any atom is -0.468 e. The number of aromatic nitrogens is 2. The van der Waals surface area contributed by atoms with E-state index in [0.717, 1.165) is 11.4 Å². The van der Waals surface area contributed by atoms with Crippen LogP contribution in [0, 0.1) is 0 Å². The van der Waals surface area contributed by atoms with Crippen molar-refractivity contribution in [1.29, 1.82) is 0 Å². The Balaban J connectivity index is 2.41. The van der Waals surface area contributed by atoms with Gasteiger partial charge in [-0.15, -0.1) is 0 Å². The lowest BCUT2D eigenvalue weighted by Crippen LogP contribution is -2.12. The minimum absolute atomic E-state index is 0.493. The van der Waals surface area contributed by atoms with Gasteiger partial charge < -0.3 is 9.94 Å². The van der Waals surface area contributed by atoms with Crippen molar-refractivity contribution in [2.75, 3.05) is 7.11 Å². The first-order valence-electron chi connectivity index (χ1n) is 3.74. The second-order valence-corrected chi connectivity index (χ2v) is 2.87. The smallest absolute Gasteiger partial charge is 0.296 e. The molecule has 0 spiro atoms. The maximum atomic E-state index is 9.17. The molecule has 0 radical (unpaired) electrons. The second kappa shape index (κ2) is 2.46. The van der Waals surface area contributed by atoms with E-state index >= 15 is 0 Å². The van der Waals surface area contributed by atoms with Crippen LogP contribution in [0.1, 0.15) is 11.4 Å². The normalized spacial score (nSPS) is 16.6. The highest BCUT2D eigenvalue weighted by Crippen LogP contribution is 2.24. The van der Waals surface area contributed by atoms with Crippen LogP contribution in [-0.4, -0.2) is 26.9 Å². The van der Waals surface area contributed by atoms with E-state index in [1.165, 1.54) is 5.06 Å². The van der Waals surface area contributed by atoms with Gasteiger partial charge in [-0.1, -0.05) is 0 Å². The average molecular weight is 169 g/mol. The highest BCUT2D eigenvalue weighted by atomic mass is 16.5. The maximum absolute atomic E-state index is 9.17. The number of nitrogens with zero attached hydrogens (tertiary/aromatic N) is 3. The quantitative estimate of drug-likeness (QED) is 0.649. The highest BCUT2D eigenvalue weighted by molar-refractivity contribution is 5.22. The number of ether oxygens (including phenoxy) is 1. The summed E-state index contributed by atoms with van der Waals surface area (Å²) in [6.07, 6.45) is 0. The molecule has 2 rings (SSSR count). The summed E-state index contributed by atoms with van der Waals surface area (Å²) < 4.78 is 6.88. The summed E-state index contributed by atoms with van der Waals surface area (Å²) in [5.41, 5.74) is 1.92. The van der Waals surface area contributed by atoms with E-state index in [1.807, 2.05) is 11.6 Å². The molecule has 1 aliphatic heterocycles. The van der Waals surface area contributed by atoms with Crippen LogP contribution in [0.25, 0.3) is 0 Å². The zero-order chi connectivity index (χ0) is 8.72. The molecule has 0 aromatic carbocycles. The third-order valence-corrected chi connectivity index (χ3v) is 2.10. The lowest BCUT2D eigenvalue weighted by atomic mass is 10.4. The van der Waals surface area contributed by atoms with Crippen molar-refractivity contribution in [2.24, 2.45) is 7.05 Å². The lowest BCUT2D eigenvalue weighted by molar-refractivity contribution is -0.0986. The van der Waals surface area contributed by atoms with Crippen molar-refractivity contribution in [1.82, 2.24) is 14.6 Å². The van der Waals surface area contributed by atoms with Crippen LogP contribution in [0.3, 0.4) is 0 Å². The zero-order valence-electron chi connectivity index (χ0n) is 7.11. The van der Waals surface area contributed by atoms with Gasteiger partial charge in [-0.05, 0) is 0 Å². The van der Waals surface area contributed by atoms with Crippen LogP contribution >= 0.6 is 0 Å². The lowest BCUT2D eigenvalue weighted by Gasteiger charge is -2.06. The van der Waals surface area contributed by atoms with E-state index in [2.05, 4.69) is 4.98 Å². The Labute approximate surface area is 70.1 Å². The van der Waals surface area contributed by atoms with E-state index in [4.69, 9.17) is 9.94 Å². The summed E-state index contributed by atoms with van der Waals surface area (Å²) in [5, 5.41) is 10.4. The second-order valence-electron chi connectivity index (χ2n) is 2.87. The van der Waals surface area contributed by atoms with Crippen molar-refractivity contribution >= 4 is 0 Å². The molecular weight excluding hydrogens is 158 g/mol. The number of fused-ring (bicyclic) bond motifs is 1. The van der Waals surface area contributed by atoms with Gasteiger partial charge in [-0.25, -0.2) is 0 Å². The number of hydrogen-bond acceptors (Lipinski definition) is 4. The van der Waals surface area contributed by atoms with Crippen LogP contribution in [0.4, 0.5) is 0 Å². The Morgan fingerprint density at radius 1 is 1.50 bits per heavy atom. The molecule has 0 aliphatic carbocycles. The number of hydrogen-bond donors (Lipinski definition) is 1. The van der Waals surface area contributed by atoms with E-state index in [-0.39, 0.29) is 0 Å². The zero-order valence-corrected chi connectivity index (χ0v) is 7.11. The molecule has 5 heteroatoms. The fourth-order valence-corrected chi connectivity index (χ4v) is 1.47. The Morgan fingerprint density at radius 3 is 2.83 bits per heavy atom. The SMILES string of the molecule is COc1nc2c(n1C)CN(O)C2. The van der Waals surface area contributed by atoms with Crippen LogP contribution in [0.5, 0.6) is 6.01 Å². The number of imidazole rings is 1. The van der Waals surface area contributed by atoms with Crippen molar-refractivity contribution in [3.05, 3.63) is 11.4 Å². The van der Waals surface area contributed by atoms with Crippen molar-refractivity contribution in [3.8, 4) is 6.01 Å². The molecule has 2 heterocycles. The minimum atomic E-state index is 0.493. The van der Waals surface area contributed by atoms with E-state index in [9.17, 15) is 0 Å². The van der Waals surface area contributed by atoms with E-state index < -0.39 is 0 Å². The third-order valence-electron chi connectivity index (χ3n) is 2.10. The summed E-state index contributed by atoms with van der Waals surface area (Å²) in [6, 6.07) is 0.605. The molecule has 1 aromatic heterocycles. The molecule has 0 atom stereocenters. The average Bonchev–Trinajstić information content (AvgIpc) is 2.51. The van der Waals surface area contributed by atoms with Crippen LogP contribution in [-0.2, 0) is 20.1 Å². The summed E-state index contributed by atoms with van der Waals surface area (Å²) in [5.74, 6) is 0. The molecule has 0 saturated carbocycles. The summed E-state index contributed by atoms with van der Waals surface area (Å²) in [6.45, 7) is 1.02. The number of methoxy groups -OCH3 is 1. The Morgan fingerprint density at radius 2 is 2.25 bits per heavy atom. The first kappa shape index (κ1) is 7.57. The number of hydroxylamine groups is 2. The van der Waals surface area contributed by atoms with Crippen LogP contribution < -0.4 is 4.74 Å². The fraction of sp³-hybridized carbons (Fsp3) is 0.571. The van der Waals surface area contributed by atoms with Gasteiger partial charge in [0.05, 0.1) is 31.6 Å². The molecule has 0 unspecified atom stereocenters. The molecule has 0 bridgehead atoms. The van der Waals surface area contributed by atoms with E-state index in [0.29, 0.717) is 19.1 Å². The van der Waals surface area contributed by atoms with Gasteiger partial charge in [-0.3, -0.25) is 4.57 Å². The molecule has 1 N–H and O–H groups in total. The number of rotatable bonds is 1. The van der Waals surface area contributed by atoms with Gasteiger partial charge in [0.15, 0.2) is 0 Å². The highest BCUT2D eigenvalue weighted by Gasteiger charge is 2.24. The first-order valence-corrected chi connectivity index (χ1v) is 3.74. The van der Waals surface area contributed by atoms with Gasteiger partial charge in [0.1, 0.15) is 0 Å². The van der Waals surface area contributed by atoms with Gasteiger partial charge in [-0.2, -0.15) is 10.0 Å². The third kappa shape index (κ3) is 0.904. The van der Waals surface area contributed by atoms with Crippen LogP contribution in [0.15, 0.2) is 0 Å². The molecule has 0 saturated heterocycles. The fourth-order valence-electron chi connectivity index (χ4n) is 1.47. The molecule has 66 valence electrons. The standard InChI is InChI=1S/C7H11N3O2/c1-9-6-4-10(11)3-5(6)8-7(9)12-2/h11H,3-4H2,1-2H3. The maximum Gasteiger partial charge on any atom is 0.296 e. The molecule has 1 aromatic rings. The molecular formula is C7H11N3O2. The molecule has 0 fully saturated rings. The summed E-state index contributed by atoms with van der Waals surface area (Å²) in [4.78, 5) is 4.20. The Hall–Kier alpha value is -1.07. The van der Waals surface area contributed by atoms with Gasteiger partial charge in [0, 0.05) is 7.05 Å². The van der Waals surface area contributed by atoms with Crippen LogP contribution in [0.2, 0.25) is 0 Å². The monoisotopic (exact) mass is 169 g/mol. The topological polar surface area (TPSA) is 50.5 Å². The predicted octanol–water partition coefficient (Wildman–Crippen LogP) is 0.133. The summed E-state index contributed by atoms with van der Waals surface area (Å²) in [7, 11) is 3.47. The van der Waals surface area contributed by atoms with Crippen molar-refractivity contribution < 1.29 is 9.94 Å². The summed E-state index contributed by atoms with van der Waals surface area (Å²) >= 11 is 0. The van der Waals surface area contributed by atoms with Gasteiger partial charge in [0.25, 0.3) is 6.01 Å². The molecule has 5 nitrogen and oxygen atoms in total. The van der Waals surface area contributed by atoms with Crippen molar-refractivity contribution in [3.63, 3.8) is 0 Å². The van der Waals surface area contributed by atoms with E-state index in [1.54, 1.807) is 7.11 Å². The molecule has 0 amide bonds. The largest absolute Gasteiger partial charge is 0.468 e. The molecule has 1 aliphatic rings. The predicted molar refractivity (Wildman–Crippen MR) is 40.8 cm³/mol. The van der Waals surface area contributed by atoms with Crippen molar-refractivity contribution in [2.45, 2.75) is 13.1 Å². The Bertz CT molecular complexity index is 308. The molecule has 12 heavy (non-hydrogen) atoms. The van der Waals surface area contributed by atoms with Gasteiger partial charge in [0.2, 0.25) is 0 Å². The Kier molecular flexibility index (Phi) is 1.55.